The highest BCUT2D eigenvalue weighted by atomic mass is 32.1. The molecule has 2 aromatic rings. The van der Waals surface area contributed by atoms with E-state index in [1.54, 1.807) is 0 Å². The molecule has 29 heavy (non-hydrogen) atoms. The van der Waals surface area contributed by atoms with Crippen molar-refractivity contribution in [3.63, 3.8) is 0 Å². The number of non-ortho nitro benzene ring substituents is 1. The average Bonchev–Trinajstić information content (AvgIpc) is 3.16. The van der Waals surface area contributed by atoms with Crippen molar-refractivity contribution in [1.82, 2.24) is 0 Å². The number of rotatable bonds is 6. The second-order valence-corrected chi connectivity index (χ2v) is 6.81. The van der Waals surface area contributed by atoms with Gasteiger partial charge in [-0.25, -0.2) is 4.79 Å². The molecule has 1 aliphatic heterocycles. The van der Waals surface area contributed by atoms with E-state index in [4.69, 9.17) is 9.47 Å². The molecule has 1 aromatic heterocycles. The number of methoxy groups -OCH3 is 1. The summed E-state index contributed by atoms with van der Waals surface area (Å²) >= 11 is 1.17. The number of thiophene rings is 1. The first-order valence-corrected chi connectivity index (χ1v) is 9.11. The lowest BCUT2D eigenvalue weighted by atomic mass is 10.2. The zero-order chi connectivity index (χ0) is 21.0. The number of hydrogen-bond acceptors (Lipinski definition) is 11. The molecule has 0 unspecified atom stereocenters. The molecule has 1 saturated heterocycles. The summed E-state index contributed by atoms with van der Waals surface area (Å²) in [6, 6.07) is 4.58. The van der Waals surface area contributed by atoms with Crippen LogP contribution >= 0.6 is 11.3 Å². The number of nitrogens with zero attached hydrogens (tertiary/aromatic N) is 5. The van der Waals surface area contributed by atoms with E-state index < -0.39 is 27.2 Å². The van der Waals surface area contributed by atoms with Crippen LogP contribution in [0.25, 0.3) is 0 Å². The summed E-state index contributed by atoms with van der Waals surface area (Å²) in [6.07, 6.45) is 0. The minimum atomic E-state index is -0.766. The maximum absolute atomic E-state index is 11.9. The monoisotopic (exact) mass is 421 g/mol. The van der Waals surface area contributed by atoms with Crippen LogP contribution in [0, 0.1) is 20.2 Å². The van der Waals surface area contributed by atoms with E-state index in [2.05, 4.69) is 10.2 Å². The van der Waals surface area contributed by atoms with E-state index in [9.17, 15) is 25.0 Å². The van der Waals surface area contributed by atoms with Crippen LogP contribution in [-0.4, -0.2) is 49.2 Å². The Balaban J connectivity index is 1.99. The van der Waals surface area contributed by atoms with Gasteiger partial charge < -0.3 is 14.4 Å². The number of carbonyl (C=O) groups excluding carboxylic acids is 1. The fourth-order valence-corrected chi connectivity index (χ4v) is 3.66. The summed E-state index contributed by atoms with van der Waals surface area (Å²) in [4.78, 5) is 34.8. The Morgan fingerprint density at radius 1 is 1.14 bits per heavy atom. The number of ether oxygens (including phenoxy) is 2. The van der Waals surface area contributed by atoms with Crippen LogP contribution in [0.15, 0.2) is 34.5 Å². The number of esters is 1. The lowest BCUT2D eigenvalue weighted by Crippen LogP contribution is -2.35. The van der Waals surface area contributed by atoms with E-state index in [1.807, 2.05) is 4.90 Å². The van der Waals surface area contributed by atoms with Gasteiger partial charge in [0.25, 0.3) is 5.69 Å². The Hall–Kier alpha value is -3.45. The Morgan fingerprint density at radius 2 is 1.83 bits per heavy atom. The molecular weight excluding hydrogens is 406 g/mol. The van der Waals surface area contributed by atoms with E-state index in [0.29, 0.717) is 41.9 Å². The smallest absolute Gasteiger partial charge is 0.348 e. The summed E-state index contributed by atoms with van der Waals surface area (Å²) in [5.74, 6) is -0.535. The van der Waals surface area contributed by atoms with Crippen molar-refractivity contribution in [3.05, 3.63) is 49.4 Å². The Kier molecular flexibility index (Phi) is 6.09. The fourth-order valence-electron chi connectivity index (χ4n) is 2.60. The topological polar surface area (TPSA) is 150 Å². The molecule has 0 N–H and O–H groups in total. The molecule has 0 atom stereocenters. The molecular formula is C16H15N5O7S. The summed E-state index contributed by atoms with van der Waals surface area (Å²) in [5, 5.41) is 30.7. The van der Waals surface area contributed by atoms with Gasteiger partial charge in [0.05, 0.1) is 36.2 Å². The summed E-state index contributed by atoms with van der Waals surface area (Å²) in [5.41, 5.74) is -0.767. The zero-order valence-electron chi connectivity index (χ0n) is 15.1. The standard InChI is InChI=1S/C16H15N5O7S/c1-27-16(22)14-9-12(15(29-14)19-4-6-28-7-5-19)18-17-11-3-2-10(20(23)24)8-13(11)21(25)26/h2-3,8-9H,4-7H2,1H3. The molecule has 13 heteroatoms. The van der Waals surface area contributed by atoms with Gasteiger partial charge >= 0.3 is 11.7 Å². The van der Waals surface area contributed by atoms with Crippen LogP contribution in [0.1, 0.15) is 9.67 Å². The van der Waals surface area contributed by atoms with Gasteiger partial charge in [-0.3, -0.25) is 20.2 Å². The predicted molar refractivity (Wildman–Crippen MR) is 103 cm³/mol. The average molecular weight is 421 g/mol. The van der Waals surface area contributed by atoms with Crippen molar-refractivity contribution in [2.45, 2.75) is 0 Å². The van der Waals surface area contributed by atoms with Gasteiger partial charge in [-0.1, -0.05) is 0 Å². The number of benzene rings is 1. The normalized spacial score (nSPS) is 14.2. The molecule has 1 fully saturated rings. The molecule has 12 nitrogen and oxygen atoms in total. The third-order valence-corrected chi connectivity index (χ3v) is 5.18. The van der Waals surface area contributed by atoms with Crippen LogP contribution in [0.4, 0.5) is 27.8 Å². The Morgan fingerprint density at radius 3 is 2.45 bits per heavy atom. The number of anilines is 1. The van der Waals surface area contributed by atoms with Crippen molar-refractivity contribution in [3.8, 4) is 0 Å². The quantitative estimate of drug-likeness (QED) is 0.297. The van der Waals surface area contributed by atoms with E-state index >= 15 is 0 Å². The first-order chi connectivity index (χ1) is 13.9. The maximum atomic E-state index is 11.9. The Labute approximate surface area is 167 Å². The van der Waals surface area contributed by atoms with Crippen LogP contribution in [0.2, 0.25) is 0 Å². The number of azo groups is 1. The second kappa shape index (κ2) is 8.70. The van der Waals surface area contributed by atoms with E-state index in [-0.39, 0.29) is 5.69 Å². The van der Waals surface area contributed by atoms with Gasteiger partial charge in [-0.15, -0.1) is 21.6 Å². The summed E-state index contributed by atoms with van der Waals surface area (Å²) < 4.78 is 10.1. The van der Waals surface area contributed by atoms with Crippen molar-refractivity contribution in [1.29, 1.82) is 0 Å². The third-order valence-electron chi connectivity index (χ3n) is 4.01. The second-order valence-electron chi connectivity index (χ2n) is 5.78. The molecule has 0 saturated carbocycles. The number of nitro groups is 2. The number of morpholine rings is 1. The molecule has 152 valence electrons. The third kappa shape index (κ3) is 4.52. The first-order valence-electron chi connectivity index (χ1n) is 8.30. The highest BCUT2D eigenvalue weighted by molar-refractivity contribution is 7.18. The molecule has 0 amide bonds. The van der Waals surface area contributed by atoms with Gasteiger partial charge in [0, 0.05) is 19.2 Å². The minimum Gasteiger partial charge on any atom is -0.465 e. The van der Waals surface area contributed by atoms with Crippen molar-refractivity contribution >= 4 is 45.1 Å². The zero-order valence-corrected chi connectivity index (χ0v) is 16.0. The van der Waals surface area contributed by atoms with Gasteiger partial charge in [-0.05, 0) is 12.1 Å². The van der Waals surface area contributed by atoms with Crippen LogP contribution < -0.4 is 4.90 Å². The summed E-state index contributed by atoms with van der Waals surface area (Å²) in [7, 11) is 1.26. The lowest BCUT2D eigenvalue weighted by molar-refractivity contribution is -0.393. The van der Waals surface area contributed by atoms with Gasteiger partial charge in [0.1, 0.15) is 15.6 Å². The van der Waals surface area contributed by atoms with Crippen LogP contribution in [0.5, 0.6) is 0 Å². The van der Waals surface area contributed by atoms with Crippen LogP contribution in [0.3, 0.4) is 0 Å². The van der Waals surface area contributed by atoms with Crippen molar-refractivity contribution in [2.24, 2.45) is 10.2 Å². The molecule has 3 rings (SSSR count). The maximum Gasteiger partial charge on any atom is 0.348 e. The molecule has 0 aliphatic carbocycles. The predicted octanol–water partition coefficient (Wildman–Crippen LogP) is 3.60. The Bertz CT molecular complexity index is 984. The van der Waals surface area contributed by atoms with E-state index in [1.165, 1.54) is 24.5 Å². The molecule has 0 bridgehead atoms. The first kappa shape index (κ1) is 20.3. The number of nitro benzene ring substituents is 2. The number of hydrogen-bond donors (Lipinski definition) is 0. The number of carbonyl (C=O) groups is 1. The fraction of sp³-hybridized carbons (Fsp3) is 0.312. The molecule has 2 heterocycles. The van der Waals surface area contributed by atoms with Gasteiger partial charge in [-0.2, -0.15) is 0 Å². The minimum absolute atomic E-state index is 0.139. The molecule has 0 spiro atoms. The molecule has 0 radical (unpaired) electrons. The van der Waals surface area contributed by atoms with Crippen LogP contribution in [-0.2, 0) is 9.47 Å². The van der Waals surface area contributed by atoms with Gasteiger partial charge in [0.15, 0.2) is 5.69 Å². The molecule has 1 aliphatic rings. The lowest BCUT2D eigenvalue weighted by Gasteiger charge is -2.27. The molecule has 1 aromatic carbocycles. The van der Waals surface area contributed by atoms with Crippen molar-refractivity contribution < 1.29 is 24.1 Å². The van der Waals surface area contributed by atoms with Crippen molar-refractivity contribution in [2.75, 3.05) is 38.3 Å². The van der Waals surface area contributed by atoms with Gasteiger partial charge in [0.2, 0.25) is 0 Å². The van der Waals surface area contributed by atoms with E-state index in [0.717, 1.165) is 18.2 Å². The highest BCUT2D eigenvalue weighted by Crippen LogP contribution is 2.40. The summed E-state index contributed by atoms with van der Waals surface area (Å²) in [6.45, 7) is 2.19. The SMILES string of the molecule is COC(=O)c1cc(N=Nc2ccc([N+](=O)[O-])cc2[N+](=O)[O-])c(N2CCOCC2)s1. The largest absolute Gasteiger partial charge is 0.465 e. The highest BCUT2D eigenvalue weighted by Gasteiger charge is 2.23.